The van der Waals surface area contributed by atoms with Crippen molar-refractivity contribution >= 4 is 0 Å². The van der Waals surface area contributed by atoms with Crippen molar-refractivity contribution in [3.8, 4) is 5.75 Å². The van der Waals surface area contributed by atoms with Gasteiger partial charge in [-0.15, -0.1) is 0 Å². The molecule has 1 heterocycles. The molecule has 88 valence electrons. The van der Waals surface area contributed by atoms with Crippen molar-refractivity contribution in [3.63, 3.8) is 0 Å². The predicted octanol–water partition coefficient (Wildman–Crippen LogP) is 1.33. The first-order chi connectivity index (χ1) is 7.64. The van der Waals surface area contributed by atoms with Crippen molar-refractivity contribution in [2.75, 3.05) is 13.2 Å². The Hall–Kier alpha value is -1.10. The molecule has 2 unspecified atom stereocenters. The van der Waals surface area contributed by atoms with Crippen LogP contribution in [0.25, 0.3) is 0 Å². The number of rotatable bonds is 3. The van der Waals surface area contributed by atoms with E-state index in [-0.39, 0.29) is 11.9 Å². The van der Waals surface area contributed by atoms with Gasteiger partial charge in [-0.1, -0.05) is 12.1 Å². The second-order valence-electron chi connectivity index (χ2n) is 4.12. The summed E-state index contributed by atoms with van der Waals surface area (Å²) in [6.45, 7) is 2.99. The Labute approximate surface area is 95.0 Å². The summed E-state index contributed by atoms with van der Waals surface area (Å²) in [7, 11) is 0. The minimum absolute atomic E-state index is 0.0392. The van der Waals surface area contributed by atoms with Crippen molar-refractivity contribution in [1.29, 1.82) is 0 Å². The average molecular weight is 223 g/mol. The minimum Gasteiger partial charge on any atom is -0.508 e. The molecule has 1 aromatic carbocycles. The van der Waals surface area contributed by atoms with Crippen LogP contribution in [0.4, 0.5) is 0 Å². The van der Waals surface area contributed by atoms with Gasteiger partial charge in [-0.05, 0) is 32.0 Å². The average Bonchev–Trinajstić information content (AvgIpc) is 2.62. The molecule has 16 heavy (non-hydrogen) atoms. The summed E-state index contributed by atoms with van der Waals surface area (Å²) in [6, 6.07) is 6.94. The zero-order valence-corrected chi connectivity index (χ0v) is 9.35. The number of ether oxygens (including phenoxy) is 2. The predicted molar refractivity (Wildman–Crippen MR) is 60.0 cm³/mol. The largest absolute Gasteiger partial charge is 0.508 e. The van der Waals surface area contributed by atoms with E-state index in [1.165, 1.54) is 0 Å². The third kappa shape index (κ3) is 2.19. The van der Waals surface area contributed by atoms with Crippen molar-refractivity contribution < 1.29 is 14.6 Å². The Kier molecular flexibility index (Phi) is 3.14. The molecule has 4 nitrogen and oxygen atoms in total. The summed E-state index contributed by atoms with van der Waals surface area (Å²) < 4.78 is 11.5. The second-order valence-corrected chi connectivity index (χ2v) is 4.12. The molecule has 1 saturated heterocycles. The van der Waals surface area contributed by atoms with E-state index in [0.29, 0.717) is 13.2 Å². The summed E-state index contributed by atoms with van der Waals surface area (Å²) in [5, 5.41) is 9.43. The SMILES string of the molecule is CC1(c2cccc(O)c2)OCC(CCN)O1. The van der Waals surface area contributed by atoms with E-state index in [1.54, 1.807) is 18.2 Å². The van der Waals surface area contributed by atoms with Crippen LogP contribution in [-0.4, -0.2) is 24.4 Å². The lowest BCUT2D eigenvalue weighted by atomic mass is 10.1. The van der Waals surface area contributed by atoms with Gasteiger partial charge in [-0.3, -0.25) is 0 Å². The Balaban J connectivity index is 2.15. The van der Waals surface area contributed by atoms with Crippen molar-refractivity contribution in [3.05, 3.63) is 29.8 Å². The second kappa shape index (κ2) is 4.41. The van der Waals surface area contributed by atoms with Gasteiger partial charge in [-0.25, -0.2) is 0 Å². The first-order valence-electron chi connectivity index (χ1n) is 5.45. The molecular weight excluding hydrogens is 206 g/mol. The highest BCUT2D eigenvalue weighted by Gasteiger charge is 2.38. The maximum Gasteiger partial charge on any atom is 0.192 e. The third-order valence-electron chi connectivity index (χ3n) is 2.80. The first-order valence-corrected chi connectivity index (χ1v) is 5.45. The zero-order valence-electron chi connectivity index (χ0n) is 9.35. The van der Waals surface area contributed by atoms with E-state index < -0.39 is 5.79 Å². The van der Waals surface area contributed by atoms with Gasteiger partial charge >= 0.3 is 0 Å². The van der Waals surface area contributed by atoms with Crippen molar-refractivity contribution in [2.24, 2.45) is 5.73 Å². The third-order valence-corrected chi connectivity index (χ3v) is 2.80. The van der Waals surface area contributed by atoms with E-state index in [1.807, 2.05) is 13.0 Å². The molecule has 0 aliphatic carbocycles. The first kappa shape index (κ1) is 11.4. The van der Waals surface area contributed by atoms with Gasteiger partial charge in [-0.2, -0.15) is 0 Å². The molecule has 0 radical (unpaired) electrons. The summed E-state index contributed by atoms with van der Waals surface area (Å²) in [5.41, 5.74) is 6.31. The van der Waals surface area contributed by atoms with Gasteiger partial charge in [0.15, 0.2) is 5.79 Å². The van der Waals surface area contributed by atoms with Crippen molar-refractivity contribution in [2.45, 2.75) is 25.2 Å². The number of phenols is 1. The van der Waals surface area contributed by atoms with E-state index in [2.05, 4.69) is 0 Å². The molecule has 3 N–H and O–H groups in total. The van der Waals surface area contributed by atoms with Crippen LogP contribution in [0.5, 0.6) is 5.75 Å². The van der Waals surface area contributed by atoms with Crippen LogP contribution < -0.4 is 5.73 Å². The highest BCUT2D eigenvalue weighted by atomic mass is 16.7. The van der Waals surface area contributed by atoms with Crippen LogP contribution in [0.2, 0.25) is 0 Å². The van der Waals surface area contributed by atoms with Crippen LogP contribution in [-0.2, 0) is 15.3 Å². The molecule has 0 aromatic heterocycles. The molecular formula is C12H17NO3. The highest BCUT2D eigenvalue weighted by molar-refractivity contribution is 5.30. The molecule has 2 rings (SSSR count). The highest BCUT2D eigenvalue weighted by Crippen LogP contribution is 2.35. The molecule has 0 amide bonds. The van der Waals surface area contributed by atoms with Gasteiger partial charge in [0.2, 0.25) is 0 Å². The number of phenolic OH excluding ortho intramolecular Hbond substituents is 1. The van der Waals surface area contributed by atoms with Crippen LogP contribution >= 0.6 is 0 Å². The summed E-state index contributed by atoms with van der Waals surface area (Å²) in [5.74, 6) is -0.549. The van der Waals surface area contributed by atoms with Crippen LogP contribution in [0.3, 0.4) is 0 Å². The van der Waals surface area contributed by atoms with Crippen molar-refractivity contribution in [1.82, 2.24) is 0 Å². The van der Waals surface area contributed by atoms with E-state index in [9.17, 15) is 5.11 Å². The topological polar surface area (TPSA) is 64.7 Å². The molecule has 1 aliphatic rings. The maximum absolute atomic E-state index is 9.43. The molecule has 0 bridgehead atoms. The smallest absolute Gasteiger partial charge is 0.192 e. The Morgan fingerprint density at radius 1 is 1.56 bits per heavy atom. The molecule has 1 aromatic rings. The van der Waals surface area contributed by atoms with Gasteiger partial charge in [0.25, 0.3) is 0 Å². The van der Waals surface area contributed by atoms with Crippen LogP contribution in [0.1, 0.15) is 18.9 Å². The summed E-state index contributed by atoms with van der Waals surface area (Å²) >= 11 is 0. The zero-order chi connectivity index (χ0) is 11.6. The quantitative estimate of drug-likeness (QED) is 0.811. The number of hydrogen-bond acceptors (Lipinski definition) is 4. The van der Waals surface area contributed by atoms with E-state index in [4.69, 9.17) is 15.2 Å². The molecule has 0 spiro atoms. The molecule has 1 fully saturated rings. The number of benzene rings is 1. The molecule has 0 saturated carbocycles. The normalized spacial score (nSPS) is 29.5. The minimum atomic E-state index is -0.765. The fourth-order valence-corrected chi connectivity index (χ4v) is 1.91. The fourth-order valence-electron chi connectivity index (χ4n) is 1.91. The van der Waals surface area contributed by atoms with E-state index in [0.717, 1.165) is 12.0 Å². The van der Waals surface area contributed by atoms with Gasteiger partial charge in [0, 0.05) is 5.56 Å². The van der Waals surface area contributed by atoms with Gasteiger partial charge in [0.1, 0.15) is 5.75 Å². The molecule has 4 heteroatoms. The van der Waals surface area contributed by atoms with Crippen LogP contribution in [0.15, 0.2) is 24.3 Å². The Morgan fingerprint density at radius 2 is 2.38 bits per heavy atom. The Morgan fingerprint density at radius 3 is 3.06 bits per heavy atom. The molecule has 1 aliphatic heterocycles. The number of aromatic hydroxyl groups is 1. The fraction of sp³-hybridized carbons (Fsp3) is 0.500. The maximum atomic E-state index is 9.43. The number of hydrogen-bond donors (Lipinski definition) is 2. The molecule has 2 atom stereocenters. The lowest BCUT2D eigenvalue weighted by molar-refractivity contribution is -0.162. The number of nitrogens with two attached hydrogens (primary N) is 1. The lowest BCUT2D eigenvalue weighted by Gasteiger charge is -2.23. The monoisotopic (exact) mass is 223 g/mol. The van der Waals surface area contributed by atoms with Crippen LogP contribution in [0, 0.1) is 0 Å². The van der Waals surface area contributed by atoms with E-state index >= 15 is 0 Å². The summed E-state index contributed by atoms with van der Waals surface area (Å²) in [4.78, 5) is 0. The standard InChI is InChI=1S/C12H17NO3/c1-12(9-3-2-4-10(14)7-9)15-8-11(16-12)5-6-13/h2-4,7,11,14H,5-6,8,13H2,1H3. The van der Waals surface area contributed by atoms with Gasteiger partial charge in [0.05, 0.1) is 12.7 Å². The van der Waals surface area contributed by atoms with Gasteiger partial charge < -0.3 is 20.3 Å². The lowest BCUT2D eigenvalue weighted by Crippen LogP contribution is -2.24. The summed E-state index contributed by atoms with van der Waals surface area (Å²) in [6.07, 6.45) is 0.825. The Bertz CT molecular complexity index is 369.